The molecule has 27 heavy (non-hydrogen) atoms. The zero-order valence-corrected chi connectivity index (χ0v) is 18.2. The van der Waals surface area contributed by atoms with E-state index in [4.69, 9.17) is 4.52 Å². The highest BCUT2D eigenvalue weighted by Gasteiger charge is 2.36. The van der Waals surface area contributed by atoms with E-state index in [9.17, 15) is 13.2 Å². The van der Waals surface area contributed by atoms with Crippen LogP contribution in [0.3, 0.4) is 0 Å². The van der Waals surface area contributed by atoms with Gasteiger partial charge in [0.15, 0.2) is 5.76 Å². The van der Waals surface area contributed by atoms with E-state index in [2.05, 4.69) is 10.1 Å². The monoisotopic (exact) mass is 400 g/mol. The van der Waals surface area contributed by atoms with Crippen molar-refractivity contribution >= 4 is 15.9 Å². The maximum absolute atomic E-state index is 12.9. The van der Waals surface area contributed by atoms with Gasteiger partial charge < -0.3 is 9.42 Å². The fraction of sp³-hybridized carbons (Fsp3) is 0.778. The van der Waals surface area contributed by atoms with E-state index in [1.165, 1.54) is 4.31 Å². The first-order chi connectivity index (χ1) is 12.5. The first-order valence-electron chi connectivity index (χ1n) is 9.47. The number of aryl methyl sites for hydroxylation is 2. The van der Waals surface area contributed by atoms with Crippen molar-refractivity contribution in [1.82, 2.24) is 19.3 Å². The molecule has 9 heteroatoms. The molecule has 1 saturated heterocycles. The highest BCUT2D eigenvalue weighted by molar-refractivity contribution is 7.89. The van der Waals surface area contributed by atoms with Crippen molar-refractivity contribution in [2.75, 3.05) is 26.2 Å². The van der Waals surface area contributed by atoms with Gasteiger partial charge in [0.2, 0.25) is 15.9 Å². The number of hydrogen-bond donors (Lipinski definition) is 0. The van der Waals surface area contributed by atoms with Gasteiger partial charge in [-0.1, -0.05) is 5.16 Å². The summed E-state index contributed by atoms with van der Waals surface area (Å²) in [5, 5.41) is 3.75. The van der Waals surface area contributed by atoms with Crippen molar-refractivity contribution in [1.29, 1.82) is 0 Å². The van der Waals surface area contributed by atoms with Gasteiger partial charge in [0.1, 0.15) is 10.6 Å². The summed E-state index contributed by atoms with van der Waals surface area (Å²) >= 11 is 0. The van der Waals surface area contributed by atoms with Crippen LogP contribution in [0.25, 0.3) is 0 Å². The first kappa shape index (κ1) is 21.8. The maximum atomic E-state index is 12.9. The summed E-state index contributed by atoms with van der Waals surface area (Å²) in [6, 6.07) is -0.0268. The molecule has 0 bridgehead atoms. The number of sulfonamides is 1. The van der Waals surface area contributed by atoms with Crippen molar-refractivity contribution < 1.29 is 17.7 Å². The zero-order chi connectivity index (χ0) is 20.5. The largest absolute Gasteiger partial charge is 0.360 e. The predicted octanol–water partition coefficient (Wildman–Crippen LogP) is 1.63. The molecule has 1 aliphatic heterocycles. The SMILES string of the molecule is Cc1noc(C)c1S(=O)(=O)N1CCN(C(C)C(=O)N(C(C)C)C(C)C)CC1. The van der Waals surface area contributed by atoms with Crippen molar-refractivity contribution in [3.05, 3.63) is 11.5 Å². The molecule has 1 aliphatic rings. The summed E-state index contributed by atoms with van der Waals surface area (Å²) in [6.07, 6.45) is 0. The number of rotatable bonds is 6. The molecule has 8 nitrogen and oxygen atoms in total. The second-order valence-electron chi connectivity index (χ2n) is 7.70. The molecule has 1 aromatic rings. The van der Waals surface area contributed by atoms with Gasteiger partial charge in [-0.2, -0.15) is 4.31 Å². The Hall–Kier alpha value is -1.45. The lowest BCUT2D eigenvalue weighted by Gasteiger charge is -2.40. The third kappa shape index (κ3) is 4.35. The smallest absolute Gasteiger partial charge is 0.248 e. The number of hydrogen-bond acceptors (Lipinski definition) is 6. The van der Waals surface area contributed by atoms with Crippen LogP contribution < -0.4 is 0 Å². The maximum Gasteiger partial charge on any atom is 0.248 e. The minimum atomic E-state index is -3.64. The van der Waals surface area contributed by atoms with Gasteiger partial charge in [-0.15, -0.1) is 0 Å². The molecule has 1 unspecified atom stereocenters. The molecule has 0 radical (unpaired) electrons. The molecular formula is C18H32N4O4S. The third-order valence-corrected chi connectivity index (χ3v) is 7.26. The number of nitrogens with zero attached hydrogens (tertiary/aromatic N) is 4. The summed E-state index contributed by atoms with van der Waals surface area (Å²) in [5.74, 6) is 0.394. The molecule has 0 N–H and O–H groups in total. The van der Waals surface area contributed by atoms with Gasteiger partial charge in [-0.3, -0.25) is 9.69 Å². The molecule has 0 saturated carbocycles. The van der Waals surface area contributed by atoms with Crippen LogP contribution in [-0.2, 0) is 14.8 Å². The van der Waals surface area contributed by atoms with E-state index in [1.54, 1.807) is 13.8 Å². The van der Waals surface area contributed by atoms with Crippen LogP contribution in [-0.4, -0.2) is 77.9 Å². The number of carbonyl (C=O) groups is 1. The second-order valence-corrected chi connectivity index (χ2v) is 9.58. The van der Waals surface area contributed by atoms with Gasteiger partial charge in [0, 0.05) is 38.3 Å². The van der Waals surface area contributed by atoms with Crippen LogP contribution in [0.2, 0.25) is 0 Å². The molecule has 2 heterocycles. The summed E-state index contributed by atoms with van der Waals surface area (Å²) in [6.45, 7) is 14.9. The highest BCUT2D eigenvalue weighted by atomic mass is 32.2. The van der Waals surface area contributed by atoms with Crippen LogP contribution in [0.4, 0.5) is 0 Å². The van der Waals surface area contributed by atoms with Crippen LogP contribution in [0.5, 0.6) is 0 Å². The zero-order valence-electron chi connectivity index (χ0n) is 17.4. The summed E-state index contributed by atoms with van der Waals surface area (Å²) in [4.78, 5) is 17.0. The van der Waals surface area contributed by atoms with Crippen LogP contribution >= 0.6 is 0 Å². The van der Waals surface area contributed by atoms with Crippen molar-refractivity contribution in [2.24, 2.45) is 0 Å². The fourth-order valence-corrected chi connectivity index (χ4v) is 5.49. The first-order valence-corrected chi connectivity index (χ1v) is 10.9. The fourth-order valence-electron chi connectivity index (χ4n) is 3.78. The predicted molar refractivity (Wildman–Crippen MR) is 103 cm³/mol. The van der Waals surface area contributed by atoms with Gasteiger partial charge in [0.25, 0.3) is 0 Å². The number of aromatic nitrogens is 1. The Labute approximate surface area is 162 Å². The van der Waals surface area contributed by atoms with Gasteiger partial charge in [-0.05, 0) is 48.5 Å². The minimum absolute atomic E-state index is 0.0852. The summed E-state index contributed by atoms with van der Waals surface area (Å²) in [5.41, 5.74) is 0.378. The Morgan fingerprint density at radius 1 is 1.04 bits per heavy atom. The molecule has 0 aromatic carbocycles. The lowest BCUT2D eigenvalue weighted by molar-refractivity contribution is -0.140. The normalized spacial score (nSPS) is 18.3. The lowest BCUT2D eigenvalue weighted by atomic mass is 10.1. The molecule has 1 amide bonds. The Bertz CT molecular complexity index is 737. The van der Waals surface area contributed by atoms with Gasteiger partial charge in [-0.25, -0.2) is 8.42 Å². The van der Waals surface area contributed by atoms with E-state index in [0.29, 0.717) is 37.6 Å². The Kier molecular flexibility index (Phi) is 6.70. The molecule has 2 rings (SSSR count). The van der Waals surface area contributed by atoms with E-state index in [0.717, 1.165) is 0 Å². The van der Waals surface area contributed by atoms with Crippen LogP contribution in [0, 0.1) is 13.8 Å². The van der Waals surface area contributed by atoms with Crippen molar-refractivity contribution in [3.8, 4) is 0 Å². The van der Waals surface area contributed by atoms with Crippen LogP contribution in [0.1, 0.15) is 46.1 Å². The average molecular weight is 401 g/mol. The number of piperazine rings is 1. The highest BCUT2D eigenvalue weighted by Crippen LogP contribution is 2.24. The molecule has 1 atom stereocenters. The Balaban J connectivity index is 2.07. The molecular weight excluding hydrogens is 368 g/mol. The molecule has 154 valence electrons. The van der Waals surface area contributed by atoms with E-state index >= 15 is 0 Å². The minimum Gasteiger partial charge on any atom is -0.360 e. The second kappa shape index (κ2) is 8.28. The molecule has 0 aliphatic carbocycles. The molecule has 0 spiro atoms. The third-order valence-electron chi connectivity index (χ3n) is 5.11. The topological polar surface area (TPSA) is 87.0 Å². The quantitative estimate of drug-likeness (QED) is 0.721. The summed E-state index contributed by atoms with van der Waals surface area (Å²) in [7, 11) is -3.64. The molecule has 1 fully saturated rings. The lowest BCUT2D eigenvalue weighted by Crippen LogP contribution is -2.57. The van der Waals surface area contributed by atoms with Gasteiger partial charge >= 0.3 is 0 Å². The van der Waals surface area contributed by atoms with Crippen molar-refractivity contribution in [2.45, 2.75) is 71.5 Å². The Morgan fingerprint density at radius 2 is 1.56 bits per heavy atom. The van der Waals surface area contributed by atoms with Crippen molar-refractivity contribution in [3.63, 3.8) is 0 Å². The standard InChI is InChI=1S/C18H32N4O4S/c1-12(2)22(13(3)4)18(23)15(6)20-8-10-21(11-9-20)27(24,25)17-14(5)19-26-16(17)7/h12-13,15H,8-11H2,1-7H3. The van der Waals surface area contributed by atoms with E-state index in [-0.39, 0.29) is 28.9 Å². The summed E-state index contributed by atoms with van der Waals surface area (Å²) < 4.78 is 32.3. The average Bonchev–Trinajstić information content (AvgIpc) is 2.92. The number of amides is 1. The Morgan fingerprint density at radius 3 is 1.96 bits per heavy atom. The van der Waals surface area contributed by atoms with E-state index < -0.39 is 10.0 Å². The van der Waals surface area contributed by atoms with Crippen LogP contribution in [0.15, 0.2) is 9.42 Å². The van der Waals surface area contributed by atoms with Gasteiger partial charge in [0.05, 0.1) is 6.04 Å². The molecule has 1 aromatic heterocycles. The van der Waals surface area contributed by atoms with E-state index in [1.807, 2.05) is 39.5 Å². The number of carbonyl (C=O) groups excluding carboxylic acids is 1.